The molecule has 0 aromatic carbocycles. The minimum absolute atomic E-state index is 0.00331. The molecule has 0 bridgehead atoms. The molecule has 4 aliphatic carbocycles. The molecule has 4 saturated carbocycles. The molecule has 0 heterocycles. The Morgan fingerprint density at radius 3 is 2.04 bits per heavy atom. The van der Waals surface area contributed by atoms with Crippen molar-refractivity contribution in [3.63, 3.8) is 0 Å². The van der Waals surface area contributed by atoms with Crippen molar-refractivity contribution in [1.82, 2.24) is 0 Å². The number of hydrogen-bond acceptors (Lipinski definition) is 7. The number of aliphatic hydroxyl groups is 1. The van der Waals surface area contributed by atoms with Crippen LogP contribution >= 0.6 is 0 Å². The van der Waals surface area contributed by atoms with Gasteiger partial charge in [0, 0.05) is 66.2 Å². The molecule has 1 unspecified atom stereocenters. The van der Waals surface area contributed by atoms with Crippen molar-refractivity contribution in [2.24, 2.45) is 61.7 Å². The zero-order valence-corrected chi connectivity index (χ0v) is 28.3. The molecule has 13 heteroatoms. The molecule has 4 fully saturated rings. The predicted octanol–water partition coefficient (Wildman–Crippen LogP) is 8.53. The summed E-state index contributed by atoms with van der Waals surface area (Å²) in [4.78, 5) is 8.71. The topological polar surface area (TPSA) is 194 Å². The number of ether oxygens (including phenoxy) is 3. The third-order valence-corrected chi connectivity index (χ3v) is 12.7. The zero-order valence-electron chi connectivity index (χ0n) is 28.3. The zero-order chi connectivity index (χ0) is 33.0. The second-order valence-electron chi connectivity index (χ2n) is 14.8. The van der Waals surface area contributed by atoms with Gasteiger partial charge in [-0.1, -0.05) is 36.1 Å². The van der Waals surface area contributed by atoms with Gasteiger partial charge in [-0.2, -0.15) is 0 Å². The molecule has 4 rings (SSSR count). The monoisotopic (exact) mass is 643 g/mol. The Bertz CT molecular complexity index is 1110. The van der Waals surface area contributed by atoms with Crippen molar-refractivity contribution in [2.75, 3.05) is 46.1 Å². The highest BCUT2D eigenvalue weighted by molar-refractivity contribution is 5.15. The minimum Gasteiger partial charge on any atom is -0.396 e. The summed E-state index contributed by atoms with van der Waals surface area (Å²) < 4.78 is 20.1. The Kier molecular flexibility index (Phi) is 14.2. The molecule has 4 aliphatic rings. The highest BCUT2D eigenvalue weighted by Crippen LogP contribution is 2.69. The molecule has 258 valence electrons. The molecule has 0 aromatic rings. The van der Waals surface area contributed by atoms with Gasteiger partial charge in [-0.15, -0.1) is 0 Å². The molecule has 11 atom stereocenters. The standard InChI is InChI=1S/C33H57N9O4/c1-23(8-4-16-43)26-9-10-27-31-28(22-30(33(26,27)3)46-19-7-15-39-42-36)32(2)12-11-25(44-17-5-13-37-40-34)20-24(32)21-29(31)45-18-6-14-38-41-35/h23-31,43H,4-22H2,1-3H3/t23-,24+,25-,26-,27+,28+,29?,30+,31+,32+,33-/m1/s1. The number of azide groups is 3. The molecule has 46 heavy (non-hydrogen) atoms. The molecule has 1 N–H and O–H groups in total. The number of nitrogens with zero attached hydrogens (tertiary/aromatic N) is 9. The molecular formula is C33H57N9O4. The van der Waals surface area contributed by atoms with E-state index < -0.39 is 0 Å². The summed E-state index contributed by atoms with van der Waals surface area (Å²) in [6.07, 6.45) is 12.0. The van der Waals surface area contributed by atoms with Crippen LogP contribution in [0.25, 0.3) is 31.3 Å². The van der Waals surface area contributed by atoms with Gasteiger partial charge in [-0.3, -0.25) is 0 Å². The van der Waals surface area contributed by atoms with Crippen LogP contribution in [0.3, 0.4) is 0 Å². The summed E-state index contributed by atoms with van der Waals surface area (Å²) >= 11 is 0. The molecule has 13 nitrogen and oxygen atoms in total. The third-order valence-electron chi connectivity index (χ3n) is 12.7. The fraction of sp³-hybridized carbons (Fsp3) is 1.00. The van der Waals surface area contributed by atoms with E-state index in [-0.39, 0.29) is 35.7 Å². The van der Waals surface area contributed by atoms with E-state index in [1.54, 1.807) is 0 Å². The van der Waals surface area contributed by atoms with Crippen LogP contribution in [-0.2, 0) is 14.2 Å². The molecular weight excluding hydrogens is 586 g/mol. The van der Waals surface area contributed by atoms with E-state index in [1.807, 2.05) is 0 Å². The molecule has 0 spiro atoms. The number of aliphatic hydroxyl groups excluding tert-OH is 1. The van der Waals surface area contributed by atoms with Crippen LogP contribution in [0.15, 0.2) is 15.3 Å². The van der Waals surface area contributed by atoms with Crippen LogP contribution in [0.1, 0.15) is 97.8 Å². The van der Waals surface area contributed by atoms with E-state index in [0.717, 1.165) is 64.2 Å². The summed E-state index contributed by atoms with van der Waals surface area (Å²) in [5.41, 5.74) is 26.3. The second kappa shape index (κ2) is 17.8. The normalized spacial score (nSPS) is 37.0. The molecule has 0 aromatic heterocycles. The van der Waals surface area contributed by atoms with Crippen molar-refractivity contribution in [2.45, 2.75) is 116 Å². The number of rotatable bonds is 19. The van der Waals surface area contributed by atoms with Gasteiger partial charge in [-0.05, 0) is 135 Å². The van der Waals surface area contributed by atoms with Crippen molar-refractivity contribution < 1.29 is 19.3 Å². The maximum Gasteiger partial charge on any atom is 0.0637 e. The Morgan fingerprint density at radius 1 is 0.783 bits per heavy atom. The third kappa shape index (κ3) is 8.24. The van der Waals surface area contributed by atoms with Crippen LogP contribution in [0.4, 0.5) is 0 Å². The maximum absolute atomic E-state index is 9.63. The van der Waals surface area contributed by atoms with Crippen molar-refractivity contribution >= 4 is 0 Å². The average molecular weight is 644 g/mol. The first-order valence-electron chi connectivity index (χ1n) is 17.8. The van der Waals surface area contributed by atoms with Crippen molar-refractivity contribution in [1.29, 1.82) is 0 Å². The SMILES string of the molecule is C[C@H](CCCO)[C@H]1CC[C@H]2[C@@H]3C(OCCCN=[N+]=[N-])C[C@@H]4C[C@H](OCCCN=[N+]=[N-])CC[C@]4(C)[C@H]3C[C@H](OCCCN=[N+]=[N-])[C@]12C. The van der Waals surface area contributed by atoms with E-state index >= 15 is 0 Å². The number of hydrogen-bond donors (Lipinski definition) is 1. The van der Waals surface area contributed by atoms with Crippen LogP contribution in [0, 0.1) is 46.3 Å². The lowest BCUT2D eigenvalue weighted by Crippen LogP contribution is -2.63. The molecule has 0 aliphatic heterocycles. The lowest BCUT2D eigenvalue weighted by Gasteiger charge is -2.65. The van der Waals surface area contributed by atoms with Gasteiger partial charge in [0.15, 0.2) is 0 Å². The first kappa shape index (κ1) is 36.6. The van der Waals surface area contributed by atoms with Gasteiger partial charge in [-0.25, -0.2) is 0 Å². The predicted molar refractivity (Wildman–Crippen MR) is 177 cm³/mol. The van der Waals surface area contributed by atoms with Gasteiger partial charge in [0.1, 0.15) is 0 Å². The summed E-state index contributed by atoms with van der Waals surface area (Å²) in [6.45, 7) is 10.8. The Hall–Kier alpha value is -2.23. The van der Waals surface area contributed by atoms with E-state index in [0.29, 0.717) is 75.0 Å². The number of fused-ring (bicyclic) bond motifs is 5. The first-order chi connectivity index (χ1) is 22.3. The van der Waals surface area contributed by atoms with E-state index in [1.165, 1.54) is 12.8 Å². The Morgan fingerprint density at radius 2 is 1.41 bits per heavy atom. The highest BCUT2D eigenvalue weighted by atomic mass is 16.5. The van der Waals surface area contributed by atoms with Gasteiger partial charge in [0.25, 0.3) is 0 Å². The summed E-state index contributed by atoms with van der Waals surface area (Å²) in [6, 6.07) is 0. The fourth-order valence-corrected chi connectivity index (χ4v) is 10.5. The van der Waals surface area contributed by atoms with Crippen LogP contribution in [-0.4, -0.2) is 69.5 Å². The van der Waals surface area contributed by atoms with Gasteiger partial charge < -0.3 is 19.3 Å². The summed E-state index contributed by atoms with van der Waals surface area (Å²) in [5.74, 6) is 2.86. The first-order valence-corrected chi connectivity index (χ1v) is 17.8. The summed E-state index contributed by atoms with van der Waals surface area (Å²) in [5, 5.41) is 20.8. The van der Waals surface area contributed by atoms with E-state index in [9.17, 15) is 5.11 Å². The molecule has 0 amide bonds. The van der Waals surface area contributed by atoms with Gasteiger partial charge in [0.05, 0.1) is 18.3 Å². The largest absolute Gasteiger partial charge is 0.396 e. The van der Waals surface area contributed by atoms with Crippen LogP contribution in [0.5, 0.6) is 0 Å². The van der Waals surface area contributed by atoms with Gasteiger partial charge >= 0.3 is 0 Å². The Balaban J connectivity index is 1.61. The van der Waals surface area contributed by atoms with Crippen LogP contribution in [0.2, 0.25) is 0 Å². The van der Waals surface area contributed by atoms with E-state index in [2.05, 4.69) is 50.8 Å². The van der Waals surface area contributed by atoms with Crippen molar-refractivity contribution in [3.05, 3.63) is 31.3 Å². The molecule has 0 saturated heterocycles. The van der Waals surface area contributed by atoms with E-state index in [4.69, 9.17) is 30.8 Å². The molecule has 0 radical (unpaired) electrons. The lowest BCUT2D eigenvalue weighted by molar-refractivity contribution is -0.227. The summed E-state index contributed by atoms with van der Waals surface area (Å²) in [7, 11) is 0. The van der Waals surface area contributed by atoms with Crippen molar-refractivity contribution in [3.8, 4) is 0 Å². The fourth-order valence-electron chi connectivity index (χ4n) is 10.5. The van der Waals surface area contributed by atoms with Gasteiger partial charge in [0.2, 0.25) is 0 Å². The maximum atomic E-state index is 9.63. The lowest BCUT2D eigenvalue weighted by atomic mass is 9.43. The average Bonchev–Trinajstić information content (AvgIpc) is 3.41. The second-order valence-corrected chi connectivity index (χ2v) is 14.8. The quantitative estimate of drug-likeness (QED) is 0.0637. The minimum atomic E-state index is -0.00331. The van der Waals surface area contributed by atoms with Crippen LogP contribution < -0.4 is 0 Å². The highest BCUT2D eigenvalue weighted by Gasteiger charge is 2.66. The Labute approximate surface area is 274 Å². The smallest absolute Gasteiger partial charge is 0.0637 e.